The minimum absolute atomic E-state index is 0.641. The van der Waals surface area contributed by atoms with E-state index in [1.54, 1.807) is 6.08 Å². The van der Waals surface area contributed by atoms with E-state index < -0.39 is 11.6 Å². The summed E-state index contributed by atoms with van der Waals surface area (Å²) in [5, 5.41) is 0. The lowest BCUT2D eigenvalue weighted by Crippen LogP contribution is -1.83. The summed E-state index contributed by atoms with van der Waals surface area (Å²) in [7, 11) is 0. The van der Waals surface area contributed by atoms with E-state index in [4.69, 9.17) is 0 Å². The van der Waals surface area contributed by atoms with Crippen molar-refractivity contribution in [2.75, 3.05) is 0 Å². The number of benzene rings is 2. The molecule has 16 heavy (non-hydrogen) atoms. The largest absolute Gasteiger partial charge is 0.204 e. The van der Waals surface area contributed by atoms with Crippen LogP contribution in [0, 0.1) is 11.6 Å². The molecule has 2 aromatic carbocycles. The third-order valence-corrected chi connectivity index (χ3v) is 2.21. The van der Waals surface area contributed by atoms with Gasteiger partial charge in [-0.2, -0.15) is 0 Å². The summed E-state index contributed by atoms with van der Waals surface area (Å²) in [6.07, 6.45) is 3.60. The maximum Gasteiger partial charge on any atom is 0.159 e. The normalized spacial score (nSPS) is 10.9. The predicted molar refractivity (Wildman–Crippen MR) is 61.7 cm³/mol. The fourth-order valence-corrected chi connectivity index (χ4v) is 1.37. The Hall–Kier alpha value is -1.96. The van der Waals surface area contributed by atoms with E-state index in [0.29, 0.717) is 5.56 Å². The molecule has 0 aliphatic heterocycles. The first-order chi connectivity index (χ1) is 7.75. The van der Waals surface area contributed by atoms with Crippen LogP contribution in [0.15, 0.2) is 48.5 Å². The highest BCUT2D eigenvalue weighted by Gasteiger charge is 1.99. The van der Waals surface area contributed by atoms with Gasteiger partial charge >= 0.3 is 0 Å². The minimum atomic E-state index is -0.824. The lowest BCUT2D eigenvalue weighted by atomic mass is 10.1. The molecule has 0 unspecified atom stereocenters. The molecule has 0 amide bonds. The Labute approximate surface area is 92.9 Å². The van der Waals surface area contributed by atoms with E-state index in [2.05, 4.69) is 0 Å². The van der Waals surface area contributed by atoms with Gasteiger partial charge in [-0.15, -0.1) is 0 Å². The second-order valence-electron chi connectivity index (χ2n) is 3.42. The maximum absolute atomic E-state index is 12.9. The van der Waals surface area contributed by atoms with Crippen molar-refractivity contribution in [3.05, 3.63) is 71.3 Å². The van der Waals surface area contributed by atoms with Gasteiger partial charge in [0.15, 0.2) is 11.6 Å². The molecule has 0 heterocycles. The van der Waals surface area contributed by atoms with Crippen LogP contribution in [0.1, 0.15) is 11.1 Å². The average molecular weight is 216 g/mol. The summed E-state index contributed by atoms with van der Waals surface area (Å²) in [5.74, 6) is -1.65. The topological polar surface area (TPSA) is 0 Å². The lowest BCUT2D eigenvalue weighted by molar-refractivity contribution is 0.508. The Morgan fingerprint density at radius 3 is 2.06 bits per heavy atom. The molecular formula is C14H10F2. The molecule has 0 N–H and O–H groups in total. The van der Waals surface area contributed by atoms with Gasteiger partial charge in [-0.25, -0.2) is 8.78 Å². The smallest absolute Gasteiger partial charge is 0.159 e. The Morgan fingerprint density at radius 1 is 0.688 bits per heavy atom. The van der Waals surface area contributed by atoms with Crippen molar-refractivity contribution >= 4 is 12.2 Å². The number of hydrogen-bond donors (Lipinski definition) is 0. The zero-order valence-electron chi connectivity index (χ0n) is 8.53. The molecule has 80 valence electrons. The molecular weight excluding hydrogens is 206 g/mol. The van der Waals surface area contributed by atoms with E-state index in [1.807, 2.05) is 36.4 Å². The minimum Gasteiger partial charge on any atom is -0.204 e. The van der Waals surface area contributed by atoms with Gasteiger partial charge < -0.3 is 0 Å². The van der Waals surface area contributed by atoms with Crippen molar-refractivity contribution < 1.29 is 8.78 Å². The monoisotopic (exact) mass is 216 g/mol. The van der Waals surface area contributed by atoms with Crippen LogP contribution in [0.2, 0.25) is 0 Å². The van der Waals surface area contributed by atoms with Crippen LogP contribution in [0.3, 0.4) is 0 Å². The van der Waals surface area contributed by atoms with Gasteiger partial charge in [-0.05, 0) is 23.3 Å². The Kier molecular flexibility index (Phi) is 3.10. The van der Waals surface area contributed by atoms with Crippen LogP contribution < -0.4 is 0 Å². The number of rotatable bonds is 2. The molecule has 0 atom stereocenters. The van der Waals surface area contributed by atoms with Crippen LogP contribution in [-0.4, -0.2) is 0 Å². The fraction of sp³-hybridized carbons (Fsp3) is 0. The second-order valence-corrected chi connectivity index (χ2v) is 3.42. The van der Waals surface area contributed by atoms with Crippen molar-refractivity contribution in [1.29, 1.82) is 0 Å². The highest BCUT2D eigenvalue weighted by atomic mass is 19.2. The summed E-state index contributed by atoms with van der Waals surface area (Å²) >= 11 is 0. The second kappa shape index (κ2) is 4.71. The Morgan fingerprint density at radius 2 is 1.38 bits per heavy atom. The first-order valence-electron chi connectivity index (χ1n) is 4.94. The van der Waals surface area contributed by atoms with E-state index in [-0.39, 0.29) is 0 Å². The van der Waals surface area contributed by atoms with Gasteiger partial charge in [0.05, 0.1) is 0 Å². The highest BCUT2D eigenvalue weighted by Crippen LogP contribution is 2.12. The molecule has 0 nitrogen and oxygen atoms in total. The van der Waals surface area contributed by atoms with Crippen LogP contribution in [0.5, 0.6) is 0 Å². The van der Waals surface area contributed by atoms with Crippen molar-refractivity contribution in [2.24, 2.45) is 0 Å². The van der Waals surface area contributed by atoms with Gasteiger partial charge in [0, 0.05) is 0 Å². The van der Waals surface area contributed by atoms with Crippen LogP contribution in [0.4, 0.5) is 8.78 Å². The van der Waals surface area contributed by atoms with Crippen LogP contribution in [0.25, 0.3) is 12.2 Å². The highest BCUT2D eigenvalue weighted by molar-refractivity contribution is 5.69. The summed E-state index contributed by atoms with van der Waals surface area (Å²) in [4.78, 5) is 0. The molecule has 2 aromatic rings. The van der Waals surface area contributed by atoms with Gasteiger partial charge in [-0.1, -0.05) is 48.6 Å². The fourth-order valence-electron chi connectivity index (χ4n) is 1.37. The molecule has 0 aliphatic rings. The van der Waals surface area contributed by atoms with E-state index in [0.717, 1.165) is 11.6 Å². The van der Waals surface area contributed by atoms with Gasteiger partial charge in [0.25, 0.3) is 0 Å². The van der Waals surface area contributed by atoms with Gasteiger partial charge in [0.2, 0.25) is 0 Å². The van der Waals surface area contributed by atoms with E-state index in [1.165, 1.54) is 12.1 Å². The molecule has 2 rings (SSSR count). The zero-order valence-corrected chi connectivity index (χ0v) is 8.53. The molecule has 0 saturated heterocycles. The first-order valence-corrected chi connectivity index (χ1v) is 4.94. The molecule has 0 fully saturated rings. The van der Waals surface area contributed by atoms with Gasteiger partial charge in [0.1, 0.15) is 0 Å². The Balaban J connectivity index is 2.21. The predicted octanol–water partition coefficient (Wildman–Crippen LogP) is 4.14. The zero-order chi connectivity index (χ0) is 11.4. The summed E-state index contributed by atoms with van der Waals surface area (Å²) in [5.41, 5.74) is 1.66. The van der Waals surface area contributed by atoms with Crippen molar-refractivity contribution in [2.45, 2.75) is 0 Å². The molecule has 0 radical (unpaired) electrons. The van der Waals surface area contributed by atoms with E-state index in [9.17, 15) is 8.78 Å². The van der Waals surface area contributed by atoms with Crippen molar-refractivity contribution in [1.82, 2.24) is 0 Å². The average Bonchev–Trinajstić information content (AvgIpc) is 2.32. The molecule has 0 bridgehead atoms. The summed E-state index contributed by atoms with van der Waals surface area (Å²) < 4.78 is 25.6. The van der Waals surface area contributed by atoms with Crippen LogP contribution in [-0.2, 0) is 0 Å². The maximum atomic E-state index is 12.9. The van der Waals surface area contributed by atoms with Crippen molar-refractivity contribution in [3.8, 4) is 0 Å². The number of halogens is 2. The third kappa shape index (κ3) is 2.54. The van der Waals surface area contributed by atoms with Crippen molar-refractivity contribution in [3.63, 3.8) is 0 Å². The molecule has 0 aromatic heterocycles. The molecule has 0 spiro atoms. The number of hydrogen-bond acceptors (Lipinski definition) is 0. The third-order valence-electron chi connectivity index (χ3n) is 2.21. The lowest BCUT2D eigenvalue weighted by Gasteiger charge is -1.96. The molecule has 2 heteroatoms. The summed E-state index contributed by atoms with van der Waals surface area (Å²) in [6, 6.07) is 13.5. The van der Waals surface area contributed by atoms with Gasteiger partial charge in [-0.3, -0.25) is 0 Å². The summed E-state index contributed by atoms with van der Waals surface area (Å²) in [6.45, 7) is 0. The molecule has 0 saturated carbocycles. The SMILES string of the molecule is Fc1ccc(/C=C/c2ccccc2)cc1F. The first kappa shape index (κ1) is 10.6. The van der Waals surface area contributed by atoms with E-state index >= 15 is 0 Å². The van der Waals surface area contributed by atoms with Crippen LogP contribution >= 0.6 is 0 Å². The molecule has 0 aliphatic carbocycles. The standard InChI is InChI=1S/C14H10F2/c15-13-9-8-12(10-14(13)16)7-6-11-4-2-1-3-5-11/h1-10H/b7-6+. The Bertz CT molecular complexity index is 501. The quantitative estimate of drug-likeness (QED) is 0.662.